The van der Waals surface area contributed by atoms with Gasteiger partial charge >= 0.3 is 0 Å². The number of aldehydes is 1. The van der Waals surface area contributed by atoms with E-state index >= 15 is 0 Å². The fourth-order valence-electron chi connectivity index (χ4n) is 0.532. The summed E-state index contributed by atoms with van der Waals surface area (Å²) in [4.78, 5) is 19.7. The maximum absolute atomic E-state index is 10.0. The SMILES string of the molecule is CNC(C)=O.O=Cc1ccccc1. The molecule has 0 atom stereocenters. The van der Waals surface area contributed by atoms with E-state index in [1.54, 1.807) is 19.2 Å². The summed E-state index contributed by atoms with van der Waals surface area (Å²) in [6, 6.07) is 9.10. The van der Waals surface area contributed by atoms with Crippen LogP contribution in [0.25, 0.3) is 0 Å². The van der Waals surface area contributed by atoms with E-state index in [4.69, 9.17) is 0 Å². The molecule has 0 aliphatic rings. The van der Waals surface area contributed by atoms with Gasteiger partial charge in [-0.2, -0.15) is 0 Å². The minimum atomic E-state index is 0.00463. The van der Waals surface area contributed by atoms with Crippen molar-refractivity contribution in [3.05, 3.63) is 35.9 Å². The van der Waals surface area contributed by atoms with Gasteiger partial charge in [0.25, 0.3) is 0 Å². The molecule has 0 bridgehead atoms. The first-order valence-corrected chi connectivity index (χ1v) is 3.89. The van der Waals surface area contributed by atoms with Gasteiger partial charge in [0, 0.05) is 19.5 Å². The molecular weight excluding hydrogens is 166 g/mol. The summed E-state index contributed by atoms with van der Waals surface area (Å²) in [5, 5.41) is 2.39. The Bertz CT molecular complexity index is 257. The summed E-state index contributed by atoms with van der Waals surface area (Å²) in [5.41, 5.74) is 0.729. The second kappa shape index (κ2) is 7.03. The molecule has 1 amide bonds. The lowest BCUT2D eigenvalue weighted by Gasteiger charge is -1.81. The van der Waals surface area contributed by atoms with Gasteiger partial charge < -0.3 is 5.32 Å². The van der Waals surface area contributed by atoms with Crippen molar-refractivity contribution in [1.29, 1.82) is 0 Å². The van der Waals surface area contributed by atoms with Crippen molar-refractivity contribution < 1.29 is 9.59 Å². The van der Waals surface area contributed by atoms with E-state index in [0.29, 0.717) is 0 Å². The standard InChI is InChI=1S/C7H6O.C3H7NO/c8-6-7-4-2-1-3-5-7;1-3(5)4-2/h1-6H;1-2H3,(H,4,5). The van der Waals surface area contributed by atoms with Crippen LogP contribution in [0.5, 0.6) is 0 Å². The molecule has 0 saturated carbocycles. The van der Waals surface area contributed by atoms with Crippen LogP contribution < -0.4 is 5.32 Å². The number of amides is 1. The second-order valence-corrected chi connectivity index (χ2v) is 2.33. The van der Waals surface area contributed by atoms with Crippen LogP contribution in [0, 0.1) is 0 Å². The summed E-state index contributed by atoms with van der Waals surface area (Å²) in [6.45, 7) is 1.47. The van der Waals surface area contributed by atoms with Crippen molar-refractivity contribution in [2.75, 3.05) is 7.05 Å². The highest BCUT2D eigenvalue weighted by Crippen LogP contribution is 1.91. The van der Waals surface area contributed by atoms with Crippen molar-refractivity contribution in [1.82, 2.24) is 5.32 Å². The van der Waals surface area contributed by atoms with Gasteiger partial charge in [0.2, 0.25) is 5.91 Å². The van der Waals surface area contributed by atoms with Crippen molar-refractivity contribution in [2.24, 2.45) is 0 Å². The minimum absolute atomic E-state index is 0.00463. The number of benzene rings is 1. The molecule has 3 nitrogen and oxygen atoms in total. The maximum atomic E-state index is 10.0. The molecule has 13 heavy (non-hydrogen) atoms. The van der Waals surface area contributed by atoms with E-state index < -0.39 is 0 Å². The van der Waals surface area contributed by atoms with Crippen LogP contribution in [0.15, 0.2) is 30.3 Å². The summed E-state index contributed by atoms with van der Waals surface area (Å²) in [6.07, 6.45) is 0.833. The quantitative estimate of drug-likeness (QED) is 0.659. The Labute approximate surface area is 77.8 Å². The van der Waals surface area contributed by atoms with Crippen LogP contribution in [0.3, 0.4) is 0 Å². The average Bonchev–Trinajstić information content (AvgIpc) is 2.20. The highest BCUT2D eigenvalue weighted by atomic mass is 16.1. The first-order valence-electron chi connectivity index (χ1n) is 3.89. The van der Waals surface area contributed by atoms with Crippen LogP contribution in [0.1, 0.15) is 17.3 Å². The molecular formula is C10H13NO2. The summed E-state index contributed by atoms with van der Waals surface area (Å²) >= 11 is 0. The highest BCUT2D eigenvalue weighted by molar-refractivity contribution is 5.74. The molecule has 0 saturated heterocycles. The molecule has 0 heterocycles. The largest absolute Gasteiger partial charge is 0.359 e. The van der Waals surface area contributed by atoms with Crippen molar-refractivity contribution >= 4 is 12.2 Å². The average molecular weight is 179 g/mol. The molecule has 1 aromatic rings. The van der Waals surface area contributed by atoms with Crippen LogP contribution in [-0.2, 0) is 4.79 Å². The topological polar surface area (TPSA) is 46.2 Å². The Morgan fingerprint density at radius 1 is 1.31 bits per heavy atom. The lowest BCUT2D eigenvalue weighted by atomic mass is 10.2. The molecule has 0 aromatic heterocycles. The van der Waals surface area contributed by atoms with Gasteiger partial charge in [0.05, 0.1) is 0 Å². The van der Waals surface area contributed by atoms with E-state index in [1.165, 1.54) is 6.92 Å². The smallest absolute Gasteiger partial charge is 0.216 e. The van der Waals surface area contributed by atoms with Gasteiger partial charge in [-0.25, -0.2) is 0 Å². The van der Waals surface area contributed by atoms with Crippen molar-refractivity contribution in [3.63, 3.8) is 0 Å². The lowest BCUT2D eigenvalue weighted by Crippen LogP contribution is -2.11. The zero-order valence-corrected chi connectivity index (χ0v) is 7.78. The van der Waals surface area contributed by atoms with E-state index in [-0.39, 0.29) is 5.91 Å². The molecule has 1 aromatic carbocycles. The van der Waals surface area contributed by atoms with Crippen molar-refractivity contribution in [2.45, 2.75) is 6.92 Å². The molecule has 0 aliphatic heterocycles. The summed E-state index contributed by atoms with van der Waals surface area (Å²) in [5.74, 6) is 0.00463. The van der Waals surface area contributed by atoms with Gasteiger partial charge in [-0.05, 0) is 0 Å². The van der Waals surface area contributed by atoms with Gasteiger partial charge in [-0.1, -0.05) is 30.3 Å². The predicted molar refractivity (Wildman–Crippen MR) is 51.6 cm³/mol. The first kappa shape index (κ1) is 11.4. The molecule has 0 spiro atoms. The molecule has 0 radical (unpaired) electrons. The molecule has 70 valence electrons. The number of nitrogens with one attached hydrogen (secondary N) is 1. The maximum Gasteiger partial charge on any atom is 0.216 e. The number of carbonyl (C=O) groups excluding carboxylic acids is 2. The Morgan fingerprint density at radius 2 is 1.77 bits per heavy atom. The fraction of sp³-hybridized carbons (Fsp3) is 0.200. The van der Waals surface area contributed by atoms with Gasteiger partial charge in [0.1, 0.15) is 6.29 Å². The summed E-state index contributed by atoms with van der Waals surface area (Å²) < 4.78 is 0. The Balaban J connectivity index is 0.000000252. The Kier molecular flexibility index (Phi) is 6.15. The lowest BCUT2D eigenvalue weighted by molar-refractivity contribution is -0.118. The van der Waals surface area contributed by atoms with Crippen LogP contribution in [0.2, 0.25) is 0 Å². The van der Waals surface area contributed by atoms with E-state index in [1.807, 2.05) is 18.2 Å². The third-order valence-corrected chi connectivity index (χ3v) is 1.29. The van der Waals surface area contributed by atoms with Crippen LogP contribution >= 0.6 is 0 Å². The number of carbonyl (C=O) groups is 2. The highest BCUT2D eigenvalue weighted by Gasteiger charge is 1.80. The Hall–Kier alpha value is -1.64. The molecule has 0 unspecified atom stereocenters. The minimum Gasteiger partial charge on any atom is -0.359 e. The van der Waals surface area contributed by atoms with Crippen LogP contribution in [-0.4, -0.2) is 19.2 Å². The molecule has 0 aliphatic carbocycles. The predicted octanol–water partition coefficient (Wildman–Crippen LogP) is 1.25. The normalized spacial score (nSPS) is 7.85. The number of hydrogen-bond acceptors (Lipinski definition) is 2. The zero-order valence-electron chi connectivity index (χ0n) is 7.78. The van der Waals surface area contributed by atoms with E-state index in [0.717, 1.165) is 11.8 Å². The van der Waals surface area contributed by atoms with E-state index in [2.05, 4.69) is 5.32 Å². The number of rotatable bonds is 1. The molecule has 1 rings (SSSR count). The third kappa shape index (κ3) is 6.75. The van der Waals surface area contributed by atoms with Crippen LogP contribution in [0.4, 0.5) is 0 Å². The molecule has 1 N–H and O–H groups in total. The van der Waals surface area contributed by atoms with Crippen molar-refractivity contribution in [3.8, 4) is 0 Å². The van der Waals surface area contributed by atoms with Gasteiger partial charge in [-0.15, -0.1) is 0 Å². The summed E-state index contributed by atoms with van der Waals surface area (Å²) in [7, 11) is 1.60. The fourth-order valence-corrected chi connectivity index (χ4v) is 0.532. The monoisotopic (exact) mass is 179 g/mol. The molecule has 0 fully saturated rings. The third-order valence-electron chi connectivity index (χ3n) is 1.29. The molecule has 3 heteroatoms. The Morgan fingerprint density at radius 3 is 2.00 bits per heavy atom. The van der Waals surface area contributed by atoms with Gasteiger partial charge in [0.15, 0.2) is 0 Å². The second-order valence-electron chi connectivity index (χ2n) is 2.33. The van der Waals surface area contributed by atoms with E-state index in [9.17, 15) is 9.59 Å². The first-order chi connectivity index (χ1) is 6.20. The zero-order chi connectivity index (χ0) is 10.1. The number of hydrogen-bond donors (Lipinski definition) is 1. The van der Waals surface area contributed by atoms with Gasteiger partial charge in [-0.3, -0.25) is 9.59 Å².